The highest BCUT2D eigenvalue weighted by Gasteiger charge is 2.32. The second-order valence-electron chi connectivity index (χ2n) is 9.62. The number of rotatable bonds is 3. The molecule has 1 amide bonds. The van der Waals surface area contributed by atoms with Crippen LogP contribution in [0.2, 0.25) is 10.0 Å². The first-order valence-corrected chi connectivity index (χ1v) is 13.4. The van der Waals surface area contributed by atoms with E-state index in [2.05, 4.69) is 11.8 Å². The minimum absolute atomic E-state index is 0.00150. The van der Waals surface area contributed by atoms with E-state index in [0.717, 1.165) is 48.3 Å². The van der Waals surface area contributed by atoms with Gasteiger partial charge in [0.25, 0.3) is 5.91 Å². The Balaban J connectivity index is 1.28. The third-order valence-electron chi connectivity index (χ3n) is 7.13. The van der Waals surface area contributed by atoms with Gasteiger partial charge in [0, 0.05) is 42.5 Å². The van der Waals surface area contributed by atoms with Gasteiger partial charge in [-0.2, -0.15) is 0 Å². The molecule has 2 aromatic heterocycles. The predicted molar refractivity (Wildman–Crippen MR) is 135 cm³/mol. The molecule has 1 aliphatic heterocycles. The van der Waals surface area contributed by atoms with Gasteiger partial charge in [-0.25, -0.2) is 9.97 Å². The Hall–Kier alpha value is -1.89. The largest absolute Gasteiger partial charge is 0.352 e. The lowest BCUT2D eigenvalue weighted by Gasteiger charge is -2.36. The fraction of sp³-hybridized carbons (Fsp3) is 0.480. The highest BCUT2D eigenvalue weighted by atomic mass is 35.5. The van der Waals surface area contributed by atoms with Crippen molar-refractivity contribution in [1.82, 2.24) is 14.9 Å². The topological polar surface area (TPSA) is 49.3 Å². The molecule has 3 aromatic rings. The summed E-state index contributed by atoms with van der Waals surface area (Å²) in [5.41, 5.74) is 2.05. The maximum absolute atomic E-state index is 13.0. The molecule has 0 spiro atoms. The van der Waals surface area contributed by atoms with Gasteiger partial charge in [0.05, 0.1) is 15.4 Å². The Bertz CT molecular complexity index is 1250. The monoisotopic (exact) mass is 500 g/mol. The molecule has 1 aromatic carbocycles. The van der Waals surface area contributed by atoms with Crippen molar-refractivity contribution in [2.45, 2.75) is 44.9 Å². The van der Waals surface area contributed by atoms with Gasteiger partial charge < -0.3 is 9.80 Å². The fourth-order valence-corrected chi connectivity index (χ4v) is 6.71. The van der Waals surface area contributed by atoms with Crippen LogP contribution >= 0.6 is 34.5 Å². The Labute approximate surface area is 207 Å². The summed E-state index contributed by atoms with van der Waals surface area (Å²) in [6.07, 6.45) is 5.89. The molecule has 5 nitrogen and oxygen atoms in total. The number of hydrogen-bond donors (Lipinski definition) is 0. The number of carbonyl (C=O) groups excluding carboxylic acids is 1. The summed E-state index contributed by atoms with van der Waals surface area (Å²) < 4.78 is 0. The highest BCUT2D eigenvalue weighted by Crippen LogP contribution is 2.44. The zero-order valence-electron chi connectivity index (χ0n) is 18.6. The van der Waals surface area contributed by atoms with Crippen molar-refractivity contribution in [3.05, 3.63) is 50.1 Å². The molecule has 1 saturated carbocycles. The molecule has 8 heteroatoms. The summed E-state index contributed by atoms with van der Waals surface area (Å²) in [6, 6.07) is 5.09. The van der Waals surface area contributed by atoms with E-state index in [-0.39, 0.29) is 5.91 Å². The number of fused-ring (bicyclic) bond motifs is 3. The van der Waals surface area contributed by atoms with Gasteiger partial charge in [-0.1, -0.05) is 30.1 Å². The van der Waals surface area contributed by atoms with Crippen LogP contribution in [-0.2, 0) is 12.8 Å². The molecule has 1 unspecified atom stereocenters. The molecule has 0 radical (unpaired) electrons. The molecule has 3 heterocycles. The molecule has 1 saturated heterocycles. The number of hydrogen-bond acceptors (Lipinski definition) is 5. The molecule has 0 N–H and O–H groups in total. The number of piperazine rings is 1. The van der Waals surface area contributed by atoms with Crippen molar-refractivity contribution in [2.75, 3.05) is 31.1 Å². The Morgan fingerprint density at radius 3 is 2.58 bits per heavy atom. The number of thiophene rings is 1. The summed E-state index contributed by atoms with van der Waals surface area (Å²) in [4.78, 5) is 30.1. The zero-order valence-corrected chi connectivity index (χ0v) is 20.9. The van der Waals surface area contributed by atoms with Crippen molar-refractivity contribution < 1.29 is 4.79 Å². The van der Waals surface area contributed by atoms with Gasteiger partial charge in [-0.3, -0.25) is 4.79 Å². The minimum Gasteiger partial charge on any atom is -0.352 e. The molecule has 33 heavy (non-hydrogen) atoms. The number of halogens is 2. The average molecular weight is 501 g/mol. The third kappa shape index (κ3) is 4.00. The van der Waals surface area contributed by atoms with Crippen LogP contribution < -0.4 is 4.90 Å². The fourth-order valence-electron chi connectivity index (χ4n) is 5.03. The molecule has 6 rings (SSSR count). The quantitative estimate of drug-likeness (QED) is 0.444. The summed E-state index contributed by atoms with van der Waals surface area (Å²) in [5.74, 6) is 3.36. The van der Waals surface area contributed by atoms with Gasteiger partial charge in [0.1, 0.15) is 16.5 Å². The SMILES string of the molecule is CC1CCc2c(sc3nc(C4CC4)nc(N4CCN(C(=O)c5ccc(Cl)c(Cl)c5)CC4)c23)C1. The number of aromatic nitrogens is 2. The van der Waals surface area contributed by atoms with Gasteiger partial charge in [-0.05, 0) is 61.8 Å². The van der Waals surface area contributed by atoms with Crippen LogP contribution in [0.1, 0.15) is 58.7 Å². The van der Waals surface area contributed by atoms with Crippen LogP contribution in [0.5, 0.6) is 0 Å². The molecule has 2 fully saturated rings. The molecule has 3 aliphatic rings. The molecule has 0 bridgehead atoms. The highest BCUT2D eigenvalue weighted by molar-refractivity contribution is 7.19. The molecule has 2 aliphatic carbocycles. The van der Waals surface area contributed by atoms with Crippen LogP contribution in [0.25, 0.3) is 10.2 Å². The van der Waals surface area contributed by atoms with E-state index in [9.17, 15) is 4.79 Å². The van der Waals surface area contributed by atoms with Gasteiger partial charge >= 0.3 is 0 Å². The standard InChI is InChI=1S/C25H26Cl2N4OS/c1-14-2-6-17-20(12-14)33-24-21(17)23(28-22(29-24)15-3-4-15)30-8-10-31(11-9-30)25(32)16-5-7-18(26)19(27)13-16/h5,7,13-15H,2-4,6,8-12H2,1H3. The normalized spacial score (nSPS) is 20.9. The number of anilines is 1. The van der Waals surface area contributed by atoms with E-state index in [0.29, 0.717) is 34.6 Å². The summed E-state index contributed by atoms with van der Waals surface area (Å²) in [5, 5.41) is 2.15. The number of aryl methyl sites for hydroxylation is 1. The van der Waals surface area contributed by atoms with Crippen LogP contribution in [0.4, 0.5) is 5.82 Å². The van der Waals surface area contributed by atoms with E-state index in [4.69, 9.17) is 33.2 Å². The van der Waals surface area contributed by atoms with Crippen molar-refractivity contribution in [1.29, 1.82) is 0 Å². The average Bonchev–Trinajstić information content (AvgIpc) is 3.61. The number of benzene rings is 1. The van der Waals surface area contributed by atoms with Crippen LogP contribution in [-0.4, -0.2) is 47.0 Å². The van der Waals surface area contributed by atoms with Crippen LogP contribution in [0.15, 0.2) is 18.2 Å². The molecular formula is C25H26Cl2N4OS. The van der Waals surface area contributed by atoms with Crippen LogP contribution in [0.3, 0.4) is 0 Å². The van der Waals surface area contributed by atoms with Crippen molar-refractivity contribution >= 4 is 56.5 Å². The van der Waals surface area contributed by atoms with Crippen molar-refractivity contribution in [3.63, 3.8) is 0 Å². The summed E-state index contributed by atoms with van der Waals surface area (Å²) in [6.45, 7) is 5.20. The lowest BCUT2D eigenvalue weighted by atomic mass is 9.89. The smallest absolute Gasteiger partial charge is 0.254 e. The number of carbonyl (C=O) groups is 1. The van der Waals surface area contributed by atoms with Gasteiger partial charge in [0.15, 0.2) is 0 Å². The Morgan fingerprint density at radius 2 is 1.85 bits per heavy atom. The van der Waals surface area contributed by atoms with E-state index < -0.39 is 0 Å². The molecule has 1 atom stereocenters. The Kier molecular flexibility index (Phi) is 5.51. The predicted octanol–water partition coefficient (Wildman–Crippen LogP) is 5.96. The first kappa shape index (κ1) is 21.6. The number of amides is 1. The second kappa shape index (κ2) is 8.40. The lowest BCUT2D eigenvalue weighted by Crippen LogP contribution is -2.49. The van der Waals surface area contributed by atoms with Crippen molar-refractivity contribution in [3.8, 4) is 0 Å². The maximum Gasteiger partial charge on any atom is 0.254 e. The molecule has 172 valence electrons. The first-order chi connectivity index (χ1) is 16.0. The lowest BCUT2D eigenvalue weighted by molar-refractivity contribution is 0.0746. The maximum atomic E-state index is 13.0. The van der Waals surface area contributed by atoms with Gasteiger partial charge in [0.2, 0.25) is 0 Å². The molecular weight excluding hydrogens is 475 g/mol. The van der Waals surface area contributed by atoms with Gasteiger partial charge in [-0.15, -0.1) is 11.3 Å². The van der Waals surface area contributed by atoms with E-state index in [1.807, 2.05) is 16.2 Å². The summed E-state index contributed by atoms with van der Waals surface area (Å²) in [7, 11) is 0. The van der Waals surface area contributed by atoms with E-state index >= 15 is 0 Å². The minimum atomic E-state index is 0.00150. The van der Waals surface area contributed by atoms with Crippen LogP contribution in [0, 0.1) is 5.92 Å². The number of nitrogens with zero attached hydrogens (tertiary/aromatic N) is 4. The van der Waals surface area contributed by atoms with Crippen molar-refractivity contribution in [2.24, 2.45) is 5.92 Å². The van der Waals surface area contributed by atoms with E-state index in [1.165, 1.54) is 35.1 Å². The zero-order chi connectivity index (χ0) is 22.7. The Morgan fingerprint density at radius 1 is 1.06 bits per heavy atom. The second-order valence-corrected chi connectivity index (χ2v) is 11.5. The third-order valence-corrected chi connectivity index (χ3v) is 9.02. The summed E-state index contributed by atoms with van der Waals surface area (Å²) >= 11 is 14.0. The first-order valence-electron chi connectivity index (χ1n) is 11.8. The van der Waals surface area contributed by atoms with E-state index in [1.54, 1.807) is 18.2 Å².